The molecular weight excluding hydrogens is 817 g/mol. The van der Waals surface area contributed by atoms with E-state index >= 15 is 0 Å². The molecule has 0 N–H and O–H groups in total. The van der Waals surface area contributed by atoms with Crippen LogP contribution >= 0.6 is 0 Å². The molecule has 0 bridgehead atoms. The van der Waals surface area contributed by atoms with Crippen LogP contribution in [0, 0.1) is 0 Å². The van der Waals surface area contributed by atoms with Crippen LogP contribution in [0.4, 0.5) is 0 Å². The third-order valence-electron chi connectivity index (χ3n) is 9.55. The molecule has 0 aromatic heterocycles. The molecule has 0 saturated carbocycles. The van der Waals surface area contributed by atoms with Gasteiger partial charge in [-0.25, -0.2) is 19.2 Å². The van der Waals surface area contributed by atoms with E-state index in [2.05, 4.69) is 0 Å². The molecule has 0 saturated heterocycles. The second-order valence-electron chi connectivity index (χ2n) is 14.3. The Morgan fingerprint density at radius 2 is 0.484 bits per heavy atom. The minimum atomic E-state index is -0.550. The summed E-state index contributed by atoms with van der Waals surface area (Å²) in [5, 5.41) is 0. The van der Waals surface area contributed by atoms with Crippen LogP contribution < -0.4 is 37.9 Å². The average molecular weight is 867 g/mol. The number of benzene rings is 6. The van der Waals surface area contributed by atoms with Crippen molar-refractivity contribution in [2.45, 2.75) is 52.4 Å². The molecule has 6 aromatic carbocycles. The van der Waals surface area contributed by atoms with Gasteiger partial charge in [-0.05, 0) is 172 Å². The number of hydrogen-bond acceptors (Lipinski definition) is 12. The predicted octanol–water partition coefficient (Wildman–Crippen LogP) is 11.2. The maximum atomic E-state index is 12.7. The summed E-state index contributed by atoms with van der Waals surface area (Å²) < 4.78 is 44.4. The van der Waals surface area contributed by atoms with Crippen molar-refractivity contribution in [2.24, 2.45) is 0 Å². The van der Waals surface area contributed by atoms with Crippen LogP contribution in [-0.4, -0.2) is 50.3 Å². The topological polar surface area (TPSA) is 142 Å². The summed E-state index contributed by atoms with van der Waals surface area (Å²) in [7, 11) is 0. The van der Waals surface area contributed by atoms with Gasteiger partial charge < -0.3 is 37.9 Å². The van der Waals surface area contributed by atoms with Crippen molar-refractivity contribution in [1.29, 1.82) is 0 Å². The number of hydrogen-bond donors (Lipinski definition) is 0. The lowest BCUT2D eigenvalue weighted by Gasteiger charge is -2.09. The second kappa shape index (κ2) is 24.1. The first-order chi connectivity index (χ1) is 31.3. The fourth-order valence-corrected chi connectivity index (χ4v) is 6.19. The first-order valence-corrected chi connectivity index (χ1v) is 21.3. The van der Waals surface area contributed by atoms with E-state index in [0.29, 0.717) is 94.7 Å². The third kappa shape index (κ3) is 14.5. The van der Waals surface area contributed by atoms with Crippen molar-refractivity contribution in [2.75, 3.05) is 26.4 Å². The Bertz CT molecular complexity index is 2220. The van der Waals surface area contributed by atoms with E-state index in [-0.39, 0.29) is 0 Å². The summed E-state index contributed by atoms with van der Waals surface area (Å²) in [6.07, 6.45) is 6.07. The molecule has 6 rings (SSSR count). The van der Waals surface area contributed by atoms with E-state index in [1.54, 1.807) is 97.1 Å². The van der Waals surface area contributed by atoms with Gasteiger partial charge in [0, 0.05) is 0 Å². The number of unbranched alkanes of at least 4 members (excludes halogenated alkanes) is 5. The molecule has 12 nitrogen and oxygen atoms in total. The lowest BCUT2D eigenvalue weighted by Crippen LogP contribution is -2.11. The van der Waals surface area contributed by atoms with Gasteiger partial charge in [0.15, 0.2) is 0 Å². The molecule has 64 heavy (non-hydrogen) atoms. The highest BCUT2D eigenvalue weighted by Crippen LogP contribution is 2.24. The lowest BCUT2D eigenvalue weighted by atomic mass is 10.1. The SMILES string of the molecule is CCOc1ccc(OC(=O)c2ccc(C(=O)Oc3ccc(OCCCCCCCCOc4ccc(OC(=O)c5ccc(C(=O)Oc6ccc(OCC)cc6)cc5)cc4)cc3)cc2)cc1. The Balaban J connectivity index is 0.788. The van der Waals surface area contributed by atoms with Gasteiger partial charge in [-0.1, -0.05) is 25.7 Å². The first kappa shape index (κ1) is 45.9. The summed E-state index contributed by atoms with van der Waals surface area (Å²) in [5.74, 6) is 2.08. The number of carbonyl (C=O) groups is 4. The largest absolute Gasteiger partial charge is 0.494 e. The molecule has 0 heterocycles. The monoisotopic (exact) mass is 866 g/mol. The first-order valence-electron chi connectivity index (χ1n) is 21.3. The van der Waals surface area contributed by atoms with Gasteiger partial charge >= 0.3 is 23.9 Å². The van der Waals surface area contributed by atoms with Crippen molar-refractivity contribution in [3.8, 4) is 46.0 Å². The van der Waals surface area contributed by atoms with Crippen LogP contribution in [0.15, 0.2) is 146 Å². The number of ether oxygens (including phenoxy) is 8. The van der Waals surface area contributed by atoms with Gasteiger partial charge in [0.25, 0.3) is 0 Å². The molecule has 0 unspecified atom stereocenters. The summed E-state index contributed by atoms with van der Waals surface area (Å²) in [5.41, 5.74) is 1.19. The van der Waals surface area contributed by atoms with Crippen molar-refractivity contribution < 1.29 is 57.1 Å². The molecule has 330 valence electrons. The van der Waals surface area contributed by atoms with Crippen molar-refractivity contribution in [3.63, 3.8) is 0 Å². The second-order valence-corrected chi connectivity index (χ2v) is 14.3. The van der Waals surface area contributed by atoms with Gasteiger partial charge in [-0.15, -0.1) is 0 Å². The van der Waals surface area contributed by atoms with Crippen LogP contribution in [0.5, 0.6) is 46.0 Å². The van der Waals surface area contributed by atoms with Crippen LogP contribution in [0.1, 0.15) is 93.8 Å². The normalized spacial score (nSPS) is 10.6. The molecule has 6 aromatic rings. The third-order valence-corrected chi connectivity index (χ3v) is 9.55. The van der Waals surface area contributed by atoms with Crippen molar-refractivity contribution in [3.05, 3.63) is 168 Å². The maximum Gasteiger partial charge on any atom is 0.343 e. The standard InChI is InChI=1S/C52H50O12/c1-3-57-41-19-27-45(28-20-41)61-49(53)37-11-15-39(16-12-37)51(55)63-47-31-23-43(24-32-47)59-35-9-7-5-6-8-10-36-60-44-25-33-48(34-26-44)64-52(56)40-17-13-38(14-18-40)50(54)62-46-29-21-42(22-30-46)58-4-2/h11-34H,3-10,35-36H2,1-2H3. The molecule has 0 amide bonds. The number of carbonyl (C=O) groups excluding carboxylic acids is 4. The summed E-state index contributed by atoms with van der Waals surface area (Å²) in [6, 6.07) is 39.4. The minimum absolute atomic E-state index is 0.295. The van der Waals surface area contributed by atoms with Crippen LogP contribution in [0.25, 0.3) is 0 Å². The number of esters is 4. The van der Waals surface area contributed by atoms with E-state index in [9.17, 15) is 19.2 Å². The summed E-state index contributed by atoms with van der Waals surface area (Å²) >= 11 is 0. The van der Waals surface area contributed by atoms with Gasteiger partial charge in [0.2, 0.25) is 0 Å². The molecule has 0 atom stereocenters. The highest BCUT2D eigenvalue weighted by Gasteiger charge is 2.15. The average Bonchev–Trinajstić information content (AvgIpc) is 3.32. The Labute approximate surface area is 372 Å². The lowest BCUT2D eigenvalue weighted by molar-refractivity contribution is 0.0720. The predicted molar refractivity (Wildman–Crippen MR) is 240 cm³/mol. The molecule has 0 aliphatic rings. The van der Waals surface area contributed by atoms with Crippen molar-refractivity contribution >= 4 is 23.9 Å². The van der Waals surface area contributed by atoms with E-state index in [0.717, 1.165) is 38.5 Å². The smallest absolute Gasteiger partial charge is 0.343 e. The summed E-state index contributed by atoms with van der Waals surface area (Å²) in [4.78, 5) is 50.5. The van der Waals surface area contributed by atoms with Gasteiger partial charge in [0.1, 0.15) is 46.0 Å². The van der Waals surface area contributed by atoms with E-state index in [1.807, 2.05) is 13.8 Å². The van der Waals surface area contributed by atoms with E-state index in [4.69, 9.17) is 37.9 Å². The Morgan fingerprint density at radius 3 is 0.719 bits per heavy atom. The van der Waals surface area contributed by atoms with Gasteiger partial charge in [0.05, 0.1) is 48.7 Å². The maximum absolute atomic E-state index is 12.7. The Morgan fingerprint density at radius 1 is 0.281 bits per heavy atom. The van der Waals surface area contributed by atoms with Crippen LogP contribution in [-0.2, 0) is 0 Å². The zero-order chi connectivity index (χ0) is 44.9. The minimum Gasteiger partial charge on any atom is -0.494 e. The highest BCUT2D eigenvalue weighted by molar-refractivity contribution is 5.96. The Kier molecular flexibility index (Phi) is 17.3. The molecule has 12 heteroatoms. The van der Waals surface area contributed by atoms with E-state index in [1.165, 1.54) is 48.5 Å². The quantitative estimate of drug-likeness (QED) is 0.0344. The molecule has 0 aliphatic carbocycles. The fourth-order valence-electron chi connectivity index (χ4n) is 6.19. The van der Waals surface area contributed by atoms with Crippen molar-refractivity contribution in [1.82, 2.24) is 0 Å². The van der Waals surface area contributed by atoms with E-state index < -0.39 is 23.9 Å². The van der Waals surface area contributed by atoms with Crippen LogP contribution in [0.3, 0.4) is 0 Å². The highest BCUT2D eigenvalue weighted by atomic mass is 16.5. The molecule has 0 fully saturated rings. The zero-order valence-corrected chi connectivity index (χ0v) is 35.8. The fraction of sp³-hybridized carbons (Fsp3) is 0.231. The van der Waals surface area contributed by atoms with Gasteiger partial charge in [-0.3, -0.25) is 0 Å². The molecular formula is C52H50O12. The molecule has 0 spiro atoms. The van der Waals surface area contributed by atoms with Crippen LogP contribution in [0.2, 0.25) is 0 Å². The van der Waals surface area contributed by atoms with Gasteiger partial charge in [-0.2, -0.15) is 0 Å². The molecule has 0 radical (unpaired) electrons. The Hall–Kier alpha value is -7.60. The number of rotatable bonds is 23. The zero-order valence-electron chi connectivity index (χ0n) is 35.8. The summed E-state index contributed by atoms with van der Waals surface area (Å²) in [6.45, 7) is 6.02. The molecule has 0 aliphatic heterocycles.